The summed E-state index contributed by atoms with van der Waals surface area (Å²) in [6, 6.07) is 8.76. The van der Waals surface area contributed by atoms with Gasteiger partial charge < -0.3 is 9.32 Å². The number of nitriles is 1. The minimum absolute atomic E-state index is 0.278. The molecule has 2 aromatic rings. The average molecular weight is 429 g/mol. The summed E-state index contributed by atoms with van der Waals surface area (Å²) in [7, 11) is -3.50. The van der Waals surface area contributed by atoms with Gasteiger partial charge in [0.25, 0.3) is 0 Å². The van der Waals surface area contributed by atoms with E-state index < -0.39 is 10.0 Å². The zero-order valence-electron chi connectivity index (χ0n) is 17.4. The lowest BCUT2D eigenvalue weighted by Crippen LogP contribution is -2.39. The number of nitrogens with zero attached hydrogens (tertiary/aromatic N) is 4. The van der Waals surface area contributed by atoms with Crippen molar-refractivity contribution in [3.05, 3.63) is 30.0 Å². The van der Waals surface area contributed by atoms with Gasteiger partial charge in [0.05, 0.1) is 4.90 Å². The number of hydrogen-bond donors (Lipinski definition) is 0. The Morgan fingerprint density at radius 2 is 1.77 bits per heavy atom. The average Bonchev–Trinajstić information content (AvgIpc) is 3.00. The third-order valence-corrected chi connectivity index (χ3v) is 7.85. The summed E-state index contributed by atoms with van der Waals surface area (Å²) in [5, 5.41) is 9.51. The lowest BCUT2D eigenvalue weighted by atomic mass is 10.0. The molecule has 0 saturated carbocycles. The van der Waals surface area contributed by atoms with Gasteiger partial charge in [0.1, 0.15) is 6.07 Å². The third-order valence-electron chi connectivity index (χ3n) is 5.97. The highest BCUT2D eigenvalue weighted by Gasteiger charge is 2.29. The molecule has 8 heteroatoms. The van der Waals surface area contributed by atoms with E-state index in [1.54, 1.807) is 28.6 Å². The van der Waals surface area contributed by atoms with Gasteiger partial charge in [-0.1, -0.05) is 19.8 Å². The fourth-order valence-electron chi connectivity index (χ4n) is 4.28. The molecule has 4 rings (SSSR count). The summed E-state index contributed by atoms with van der Waals surface area (Å²) in [6.07, 6.45) is 6.47. The van der Waals surface area contributed by atoms with Crippen molar-refractivity contribution in [2.24, 2.45) is 5.92 Å². The molecule has 30 heavy (non-hydrogen) atoms. The molecule has 2 fully saturated rings. The standard InChI is InChI=1S/C22H28N4O3S/c1-17-7-6-14-26(16-17)30(27,28)19-10-8-18(9-11-19)21-24-20(15-23)22(29-21)25-12-4-2-3-5-13-25/h8-11,17H,2-7,12-14,16H2,1H3. The first kappa shape index (κ1) is 20.9. The van der Waals surface area contributed by atoms with Crippen LogP contribution in [0.25, 0.3) is 11.5 Å². The molecule has 3 heterocycles. The molecule has 1 atom stereocenters. The van der Waals surface area contributed by atoms with Gasteiger partial charge in [0.2, 0.25) is 27.5 Å². The monoisotopic (exact) mass is 428 g/mol. The summed E-state index contributed by atoms with van der Waals surface area (Å²) in [4.78, 5) is 6.74. The van der Waals surface area contributed by atoms with Gasteiger partial charge in [-0.2, -0.15) is 14.6 Å². The van der Waals surface area contributed by atoms with Crippen LogP contribution in [0.3, 0.4) is 0 Å². The third kappa shape index (κ3) is 4.23. The molecule has 160 valence electrons. The molecule has 0 N–H and O–H groups in total. The SMILES string of the molecule is CC1CCCN(S(=O)(=O)c2ccc(-c3nc(C#N)c(N4CCCCCC4)o3)cc2)C1. The van der Waals surface area contributed by atoms with Crippen molar-refractivity contribution in [2.45, 2.75) is 50.3 Å². The molecule has 1 aromatic carbocycles. The summed E-state index contributed by atoms with van der Waals surface area (Å²) in [5.41, 5.74) is 0.949. The highest BCUT2D eigenvalue weighted by molar-refractivity contribution is 7.89. The molecule has 1 aromatic heterocycles. The zero-order chi connectivity index (χ0) is 21.1. The van der Waals surface area contributed by atoms with Crippen molar-refractivity contribution < 1.29 is 12.8 Å². The molecule has 7 nitrogen and oxygen atoms in total. The second kappa shape index (κ2) is 8.78. The van der Waals surface area contributed by atoms with Crippen LogP contribution in [-0.4, -0.2) is 43.9 Å². The topological polar surface area (TPSA) is 90.4 Å². The number of rotatable bonds is 4. The molecule has 2 aliphatic rings. The fraction of sp³-hybridized carbons (Fsp3) is 0.545. The van der Waals surface area contributed by atoms with Crippen molar-refractivity contribution in [3.8, 4) is 17.5 Å². The minimum Gasteiger partial charge on any atom is -0.419 e. The zero-order valence-corrected chi connectivity index (χ0v) is 18.2. The highest BCUT2D eigenvalue weighted by Crippen LogP contribution is 2.31. The number of sulfonamides is 1. The molecule has 2 aliphatic heterocycles. The van der Waals surface area contributed by atoms with Gasteiger partial charge in [0, 0.05) is 31.7 Å². The van der Waals surface area contributed by atoms with E-state index in [0.717, 1.165) is 38.8 Å². The molecule has 1 unspecified atom stereocenters. The number of hydrogen-bond acceptors (Lipinski definition) is 6. The summed E-state index contributed by atoms with van der Waals surface area (Å²) in [5.74, 6) is 1.25. The second-order valence-electron chi connectivity index (χ2n) is 8.32. The smallest absolute Gasteiger partial charge is 0.243 e. The van der Waals surface area contributed by atoms with Gasteiger partial charge in [-0.3, -0.25) is 0 Å². The van der Waals surface area contributed by atoms with Crippen LogP contribution in [0.5, 0.6) is 0 Å². The number of benzene rings is 1. The predicted octanol–water partition coefficient (Wildman–Crippen LogP) is 4.01. The van der Waals surface area contributed by atoms with E-state index in [2.05, 4.69) is 22.9 Å². The second-order valence-corrected chi connectivity index (χ2v) is 10.3. The van der Waals surface area contributed by atoms with Crippen LogP contribution in [0.15, 0.2) is 33.6 Å². The Bertz CT molecular complexity index is 1020. The Hall–Kier alpha value is -2.37. The lowest BCUT2D eigenvalue weighted by Gasteiger charge is -2.30. The van der Waals surface area contributed by atoms with E-state index in [4.69, 9.17) is 4.42 Å². The quantitative estimate of drug-likeness (QED) is 0.731. The van der Waals surface area contributed by atoms with E-state index in [9.17, 15) is 13.7 Å². The first-order valence-electron chi connectivity index (χ1n) is 10.8. The van der Waals surface area contributed by atoms with Crippen LogP contribution in [0.2, 0.25) is 0 Å². The number of aromatic nitrogens is 1. The van der Waals surface area contributed by atoms with Crippen LogP contribution in [0, 0.1) is 17.2 Å². The van der Waals surface area contributed by atoms with Gasteiger partial charge in [0.15, 0.2) is 0 Å². The first-order chi connectivity index (χ1) is 14.5. The van der Waals surface area contributed by atoms with Gasteiger partial charge in [-0.25, -0.2) is 8.42 Å². The molecule has 0 bridgehead atoms. The molecule has 0 aliphatic carbocycles. The molecule has 0 amide bonds. The predicted molar refractivity (Wildman–Crippen MR) is 114 cm³/mol. The Morgan fingerprint density at radius 1 is 1.07 bits per heavy atom. The maximum atomic E-state index is 13.0. The van der Waals surface area contributed by atoms with Crippen LogP contribution in [0.1, 0.15) is 51.1 Å². The Morgan fingerprint density at radius 3 is 2.40 bits per heavy atom. The number of oxazole rings is 1. The van der Waals surface area contributed by atoms with E-state index in [0.29, 0.717) is 36.3 Å². The molecule has 0 spiro atoms. The Kier molecular flexibility index (Phi) is 6.11. The van der Waals surface area contributed by atoms with Crippen LogP contribution >= 0.6 is 0 Å². The number of anilines is 1. The fourth-order valence-corrected chi connectivity index (χ4v) is 5.88. The first-order valence-corrected chi connectivity index (χ1v) is 12.2. The molecular weight excluding hydrogens is 400 g/mol. The van der Waals surface area contributed by atoms with Crippen LogP contribution in [0.4, 0.5) is 5.88 Å². The lowest BCUT2D eigenvalue weighted by molar-refractivity contribution is 0.281. The maximum absolute atomic E-state index is 13.0. The van der Waals surface area contributed by atoms with Crippen molar-refractivity contribution in [1.82, 2.24) is 9.29 Å². The van der Waals surface area contributed by atoms with Crippen molar-refractivity contribution in [3.63, 3.8) is 0 Å². The maximum Gasteiger partial charge on any atom is 0.243 e. The van der Waals surface area contributed by atoms with Gasteiger partial charge in [-0.05, 0) is 55.9 Å². The van der Waals surface area contributed by atoms with E-state index in [1.807, 2.05) is 0 Å². The number of piperidine rings is 1. The van der Waals surface area contributed by atoms with Crippen molar-refractivity contribution >= 4 is 15.9 Å². The van der Waals surface area contributed by atoms with Gasteiger partial charge in [-0.15, -0.1) is 0 Å². The molecule has 2 saturated heterocycles. The van der Waals surface area contributed by atoms with Crippen LogP contribution < -0.4 is 4.90 Å². The molecule has 0 radical (unpaired) electrons. The van der Waals surface area contributed by atoms with E-state index in [-0.39, 0.29) is 10.6 Å². The van der Waals surface area contributed by atoms with E-state index in [1.165, 1.54) is 12.8 Å². The Balaban J connectivity index is 1.58. The summed E-state index contributed by atoms with van der Waals surface area (Å²) in [6.45, 7) is 4.93. The highest BCUT2D eigenvalue weighted by atomic mass is 32.2. The summed E-state index contributed by atoms with van der Waals surface area (Å²) >= 11 is 0. The largest absolute Gasteiger partial charge is 0.419 e. The minimum atomic E-state index is -3.50. The van der Waals surface area contributed by atoms with Crippen molar-refractivity contribution in [1.29, 1.82) is 5.26 Å². The molecular formula is C22H28N4O3S. The Labute approximate surface area is 178 Å². The van der Waals surface area contributed by atoms with Crippen LogP contribution in [-0.2, 0) is 10.0 Å². The summed E-state index contributed by atoms with van der Waals surface area (Å²) < 4.78 is 33.5. The van der Waals surface area contributed by atoms with Crippen molar-refractivity contribution in [2.75, 3.05) is 31.1 Å². The normalized spacial score (nSPS) is 21.2. The van der Waals surface area contributed by atoms with E-state index >= 15 is 0 Å². The van der Waals surface area contributed by atoms with Gasteiger partial charge >= 0.3 is 0 Å².